The van der Waals surface area contributed by atoms with E-state index in [2.05, 4.69) is 0 Å². The highest BCUT2D eigenvalue weighted by Gasteiger charge is 2.42. The van der Waals surface area contributed by atoms with Crippen LogP contribution in [0.4, 0.5) is 0 Å². The molecule has 0 aliphatic heterocycles. The van der Waals surface area contributed by atoms with E-state index in [0.717, 1.165) is 5.56 Å². The van der Waals surface area contributed by atoms with Gasteiger partial charge in [-0.3, -0.25) is 9.59 Å². The molecule has 0 aliphatic carbocycles. The molecule has 0 radical (unpaired) electrons. The monoisotopic (exact) mass is 274 g/mol. The second-order valence-electron chi connectivity index (χ2n) is 4.62. The molecule has 0 unspecified atom stereocenters. The third kappa shape index (κ3) is 3.56. The summed E-state index contributed by atoms with van der Waals surface area (Å²) in [5.41, 5.74) is -0.118. The van der Waals surface area contributed by atoms with E-state index in [0.29, 0.717) is 12.8 Å². The van der Waals surface area contributed by atoms with E-state index in [1.165, 1.54) is 6.08 Å². The molecule has 0 N–H and O–H groups in total. The van der Waals surface area contributed by atoms with Crippen molar-refractivity contribution in [3.63, 3.8) is 0 Å². The van der Waals surface area contributed by atoms with Gasteiger partial charge in [-0.15, -0.1) is 0 Å². The van der Waals surface area contributed by atoms with Crippen molar-refractivity contribution in [2.24, 2.45) is 5.41 Å². The van der Waals surface area contributed by atoms with Crippen LogP contribution in [-0.4, -0.2) is 18.4 Å². The van der Waals surface area contributed by atoms with Gasteiger partial charge in [0.25, 0.3) is 0 Å². The van der Waals surface area contributed by atoms with Crippen LogP contribution in [0.15, 0.2) is 36.4 Å². The van der Waals surface area contributed by atoms with Crippen molar-refractivity contribution >= 4 is 17.8 Å². The Labute approximate surface area is 120 Å². The van der Waals surface area contributed by atoms with Crippen LogP contribution in [-0.2, 0) is 14.3 Å². The van der Waals surface area contributed by atoms with Crippen molar-refractivity contribution in [3.8, 4) is 0 Å². The molecule has 0 bridgehead atoms. The second-order valence-corrected chi connectivity index (χ2v) is 4.62. The molecule has 108 valence electrons. The first-order valence-corrected chi connectivity index (χ1v) is 7.05. The Bertz CT molecular complexity index is 470. The third-order valence-electron chi connectivity index (χ3n) is 3.57. The first-order chi connectivity index (χ1) is 9.60. The highest BCUT2D eigenvalue weighted by Crippen LogP contribution is 2.30. The lowest BCUT2D eigenvalue weighted by atomic mass is 9.78. The van der Waals surface area contributed by atoms with E-state index >= 15 is 0 Å². The highest BCUT2D eigenvalue weighted by atomic mass is 16.5. The number of rotatable bonds is 7. The fourth-order valence-electron chi connectivity index (χ4n) is 2.15. The van der Waals surface area contributed by atoms with E-state index in [-0.39, 0.29) is 12.4 Å². The number of allylic oxidation sites excluding steroid dienone is 1. The van der Waals surface area contributed by atoms with Gasteiger partial charge in [-0.2, -0.15) is 0 Å². The number of hydrogen-bond acceptors (Lipinski definition) is 3. The smallest absolute Gasteiger partial charge is 0.319 e. The Morgan fingerprint density at radius 3 is 2.20 bits per heavy atom. The van der Waals surface area contributed by atoms with Crippen LogP contribution in [0.3, 0.4) is 0 Å². The largest absolute Gasteiger partial charge is 0.465 e. The van der Waals surface area contributed by atoms with Crippen LogP contribution in [0.1, 0.15) is 39.2 Å². The topological polar surface area (TPSA) is 43.4 Å². The average Bonchev–Trinajstić information content (AvgIpc) is 2.48. The van der Waals surface area contributed by atoms with Gasteiger partial charge in [-0.05, 0) is 31.4 Å². The Kier molecular flexibility index (Phi) is 6.16. The number of ketones is 1. The standard InChI is InChI=1S/C17H22O3/c1-4-17(5-2,16(19)20-6-3)15(18)13-12-14-10-8-7-9-11-14/h7-13H,4-6H2,1-3H3/b13-12-. The van der Waals surface area contributed by atoms with E-state index in [9.17, 15) is 9.59 Å². The molecule has 0 saturated carbocycles. The Morgan fingerprint density at radius 2 is 1.70 bits per heavy atom. The summed E-state index contributed by atoms with van der Waals surface area (Å²) in [5, 5.41) is 0. The summed E-state index contributed by atoms with van der Waals surface area (Å²) in [7, 11) is 0. The normalized spacial score (nSPS) is 11.6. The minimum Gasteiger partial charge on any atom is -0.465 e. The summed E-state index contributed by atoms with van der Waals surface area (Å²) in [5.74, 6) is -0.613. The number of ether oxygens (including phenoxy) is 1. The third-order valence-corrected chi connectivity index (χ3v) is 3.57. The lowest BCUT2D eigenvalue weighted by Gasteiger charge is -2.26. The summed E-state index contributed by atoms with van der Waals surface area (Å²) in [4.78, 5) is 24.5. The van der Waals surface area contributed by atoms with Gasteiger partial charge < -0.3 is 4.74 Å². The van der Waals surface area contributed by atoms with Crippen LogP contribution >= 0.6 is 0 Å². The zero-order chi connectivity index (χ0) is 15.0. The molecule has 0 aromatic heterocycles. The molecule has 3 heteroatoms. The second kappa shape index (κ2) is 7.63. The van der Waals surface area contributed by atoms with Crippen molar-refractivity contribution in [2.75, 3.05) is 6.61 Å². The summed E-state index contributed by atoms with van der Waals surface area (Å²) >= 11 is 0. The molecule has 0 fully saturated rings. The zero-order valence-electron chi connectivity index (χ0n) is 12.4. The van der Waals surface area contributed by atoms with Crippen LogP contribution in [0.5, 0.6) is 0 Å². The van der Waals surface area contributed by atoms with Crippen LogP contribution < -0.4 is 0 Å². The lowest BCUT2D eigenvalue weighted by Crippen LogP contribution is -2.38. The van der Waals surface area contributed by atoms with Gasteiger partial charge in [-0.25, -0.2) is 0 Å². The van der Waals surface area contributed by atoms with Gasteiger partial charge in [0.05, 0.1) is 6.61 Å². The Balaban J connectivity index is 2.95. The molecule has 1 rings (SSSR count). The quantitative estimate of drug-likeness (QED) is 0.433. The molecule has 0 heterocycles. The lowest BCUT2D eigenvalue weighted by molar-refractivity contribution is -0.159. The molecule has 0 aliphatic rings. The Morgan fingerprint density at radius 1 is 1.10 bits per heavy atom. The molecular weight excluding hydrogens is 252 g/mol. The molecule has 0 spiro atoms. The van der Waals surface area contributed by atoms with Crippen LogP contribution in [0, 0.1) is 5.41 Å². The first-order valence-electron chi connectivity index (χ1n) is 7.05. The van der Waals surface area contributed by atoms with E-state index in [1.54, 1.807) is 13.0 Å². The molecule has 1 aromatic carbocycles. The predicted molar refractivity (Wildman–Crippen MR) is 80.1 cm³/mol. The first kappa shape index (κ1) is 16.2. The van der Waals surface area contributed by atoms with Crippen molar-refractivity contribution < 1.29 is 14.3 Å². The minimum absolute atomic E-state index is 0.190. The van der Waals surface area contributed by atoms with Crippen molar-refractivity contribution in [1.29, 1.82) is 0 Å². The summed E-state index contributed by atoms with van der Waals surface area (Å²) in [6.45, 7) is 5.72. The zero-order valence-corrected chi connectivity index (χ0v) is 12.4. The number of hydrogen-bond donors (Lipinski definition) is 0. The van der Waals surface area contributed by atoms with Crippen molar-refractivity contribution in [2.45, 2.75) is 33.6 Å². The van der Waals surface area contributed by atoms with Gasteiger partial charge >= 0.3 is 5.97 Å². The SMILES string of the molecule is CCOC(=O)C(CC)(CC)C(=O)/C=C\c1ccccc1. The number of carbonyl (C=O) groups excluding carboxylic acids is 2. The molecular formula is C17H22O3. The van der Waals surface area contributed by atoms with E-state index in [4.69, 9.17) is 4.74 Å². The molecule has 0 saturated heterocycles. The maximum atomic E-state index is 12.4. The molecule has 0 atom stereocenters. The highest BCUT2D eigenvalue weighted by molar-refractivity contribution is 6.10. The van der Waals surface area contributed by atoms with Gasteiger partial charge in [0.1, 0.15) is 5.41 Å². The van der Waals surface area contributed by atoms with Gasteiger partial charge in [0.15, 0.2) is 5.78 Å². The van der Waals surface area contributed by atoms with Crippen molar-refractivity contribution in [1.82, 2.24) is 0 Å². The average molecular weight is 274 g/mol. The number of carbonyl (C=O) groups is 2. The van der Waals surface area contributed by atoms with Crippen LogP contribution in [0.2, 0.25) is 0 Å². The number of benzene rings is 1. The molecule has 20 heavy (non-hydrogen) atoms. The summed E-state index contributed by atoms with van der Waals surface area (Å²) < 4.78 is 5.07. The summed E-state index contributed by atoms with van der Waals surface area (Å²) in [6, 6.07) is 9.55. The Hall–Kier alpha value is -1.90. The van der Waals surface area contributed by atoms with E-state index in [1.807, 2.05) is 44.2 Å². The fraction of sp³-hybridized carbons (Fsp3) is 0.412. The maximum absolute atomic E-state index is 12.4. The van der Waals surface area contributed by atoms with Crippen molar-refractivity contribution in [3.05, 3.63) is 42.0 Å². The van der Waals surface area contributed by atoms with Gasteiger partial charge in [0.2, 0.25) is 0 Å². The summed E-state index contributed by atoms with van der Waals surface area (Å²) in [6.07, 6.45) is 4.11. The number of esters is 1. The van der Waals surface area contributed by atoms with E-state index < -0.39 is 11.4 Å². The molecule has 0 amide bonds. The van der Waals surface area contributed by atoms with Gasteiger partial charge in [-0.1, -0.05) is 50.3 Å². The fourth-order valence-corrected chi connectivity index (χ4v) is 2.15. The van der Waals surface area contributed by atoms with Gasteiger partial charge in [0, 0.05) is 0 Å². The molecule has 1 aromatic rings. The van der Waals surface area contributed by atoms with Crippen LogP contribution in [0.25, 0.3) is 6.08 Å². The minimum atomic E-state index is -1.05. The predicted octanol–water partition coefficient (Wildman–Crippen LogP) is 3.64. The molecule has 3 nitrogen and oxygen atoms in total. The maximum Gasteiger partial charge on any atom is 0.319 e.